The maximum atomic E-state index is 13.6. The van der Waals surface area contributed by atoms with Crippen molar-refractivity contribution in [1.29, 1.82) is 0 Å². The monoisotopic (exact) mass is 478 g/mol. The molecule has 1 unspecified atom stereocenters. The second-order valence-electron chi connectivity index (χ2n) is 8.40. The first kappa shape index (κ1) is 24.5. The summed E-state index contributed by atoms with van der Waals surface area (Å²) in [5, 5.41) is 5.48. The highest BCUT2D eigenvalue weighted by Gasteiger charge is 2.38. The summed E-state index contributed by atoms with van der Waals surface area (Å²) in [6.45, 7) is 1.95. The lowest BCUT2D eigenvalue weighted by molar-refractivity contribution is -0.130. The molecule has 4 rings (SSSR count). The number of ketones is 1. The second-order valence-corrected chi connectivity index (χ2v) is 8.40. The molecule has 0 saturated carbocycles. The van der Waals surface area contributed by atoms with E-state index in [9.17, 15) is 14.4 Å². The molecule has 2 heterocycles. The third-order valence-electron chi connectivity index (χ3n) is 5.81. The lowest BCUT2D eigenvalue weighted by Gasteiger charge is -2.26. The Balaban J connectivity index is 1.73. The van der Waals surface area contributed by atoms with Gasteiger partial charge < -0.3 is 10.6 Å². The van der Waals surface area contributed by atoms with Gasteiger partial charge in [-0.1, -0.05) is 72.3 Å². The van der Waals surface area contributed by atoms with E-state index in [1.165, 1.54) is 0 Å². The van der Waals surface area contributed by atoms with Gasteiger partial charge in [0.2, 0.25) is 11.8 Å². The minimum atomic E-state index is -1.23. The summed E-state index contributed by atoms with van der Waals surface area (Å²) in [5.74, 6) is -2.62. The molecule has 7 nitrogen and oxygen atoms in total. The van der Waals surface area contributed by atoms with E-state index in [1.54, 1.807) is 73.1 Å². The Kier molecular flexibility index (Phi) is 7.93. The molecule has 1 atom stereocenters. The standard InChI is InChI=1S/C29H26N4O3/c1-20-13-15-21(16-14-20)23(19-24(34)22-9-3-2-4-10-22)27(28(35)32-25-11-5-7-17-30-25)29(36)33-26-12-6-8-18-31-26/h2-18,23,27H,19H2,1H3,(H,30,32,35)(H,31,33,36). The van der Waals surface area contributed by atoms with Gasteiger partial charge >= 0.3 is 0 Å². The van der Waals surface area contributed by atoms with Crippen LogP contribution >= 0.6 is 0 Å². The summed E-state index contributed by atoms with van der Waals surface area (Å²) < 4.78 is 0. The normalized spacial score (nSPS) is 11.5. The fourth-order valence-electron chi connectivity index (χ4n) is 3.95. The number of nitrogens with zero attached hydrogens (tertiary/aromatic N) is 2. The first-order valence-corrected chi connectivity index (χ1v) is 11.6. The topological polar surface area (TPSA) is 101 Å². The van der Waals surface area contributed by atoms with Crippen LogP contribution in [0.15, 0.2) is 103 Å². The summed E-state index contributed by atoms with van der Waals surface area (Å²) in [7, 11) is 0. The van der Waals surface area contributed by atoms with Crippen LogP contribution in [0.4, 0.5) is 11.6 Å². The van der Waals surface area contributed by atoms with Crippen molar-refractivity contribution in [3.8, 4) is 0 Å². The van der Waals surface area contributed by atoms with Crippen LogP contribution in [0, 0.1) is 12.8 Å². The zero-order valence-corrected chi connectivity index (χ0v) is 19.8. The van der Waals surface area contributed by atoms with Crippen LogP contribution < -0.4 is 10.6 Å². The molecule has 2 N–H and O–H groups in total. The molecule has 0 bridgehead atoms. The zero-order chi connectivity index (χ0) is 25.3. The van der Waals surface area contributed by atoms with Crippen molar-refractivity contribution in [3.63, 3.8) is 0 Å². The largest absolute Gasteiger partial charge is 0.310 e. The molecular weight excluding hydrogens is 452 g/mol. The van der Waals surface area contributed by atoms with E-state index in [4.69, 9.17) is 0 Å². The van der Waals surface area contributed by atoms with Crippen LogP contribution in [-0.4, -0.2) is 27.6 Å². The fraction of sp³-hybridized carbons (Fsp3) is 0.138. The number of aromatic nitrogens is 2. The van der Waals surface area contributed by atoms with Gasteiger partial charge in [-0.05, 0) is 36.8 Å². The molecule has 0 aliphatic carbocycles. The van der Waals surface area contributed by atoms with Crippen LogP contribution in [0.5, 0.6) is 0 Å². The van der Waals surface area contributed by atoms with Gasteiger partial charge in [0.15, 0.2) is 5.78 Å². The number of aryl methyl sites for hydroxylation is 1. The molecule has 0 spiro atoms. The maximum absolute atomic E-state index is 13.6. The highest BCUT2D eigenvalue weighted by atomic mass is 16.2. The first-order chi connectivity index (χ1) is 17.5. The number of carbonyl (C=O) groups is 3. The average molecular weight is 479 g/mol. The van der Waals surface area contributed by atoms with Crippen molar-refractivity contribution < 1.29 is 14.4 Å². The molecule has 36 heavy (non-hydrogen) atoms. The first-order valence-electron chi connectivity index (χ1n) is 11.6. The number of anilines is 2. The highest BCUT2D eigenvalue weighted by molar-refractivity contribution is 6.11. The third kappa shape index (κ3) is 6.27. The summed E-state index contributed by atoms with van der Waals surface area (Å²) in [5.41, 5.74) is 2.25. The summed E-state index contributed by atoms with van der Waals surface area (Å²) in [6, 6.07) is 26.6. The van der Waals surface area contributed by atoms with Gasteiger partial charge in [0.25, 0.3) is 0 Å². The van der Waals surface area contributed by atoms with Crippen LogP contribution in [0.1, 0.15) is 33.8 Å². The summed E-state index contributed by atoms with van der Waals surface area (Å²) >= 11 is 0. The van der Waals surface area contributed by atoms with E-state index in [0.717, 1.165) is 5.56 Å². The van der Waals surface area contributed by atoms with Gasteiger partial charge in [0, 0.05) is 30.3 Å². The van der Waals surface area contributed by atoms with Crippen molar-refractivity contribution in [2.24, 2.45) is 5.92 Å². The Morgan fingerprint density at radius 2 is 1.22 bits per heavy atom. The van der Waals surface area contributed by atoms with Crippen molar-refractivity contribution >= 4 is 29.2 Å². The van der Waals surface area contributed by atoms with Crippen LogP contribution in [0.25, 0.3) is 0 Å². The molecule has 2 aromatic heterocycles. The van der Waals surface area contributed by atoms with Gasteiger partial charge in [-0.25, -0.2) is 9.97 Å². The van der Waals surface area contributed by atoms with E-state index in [0.29, 0.717) is 22.8 Å². The Morgan fingerprint density at radius 1 is 0.694 bits per heavy atom. The number of nitrogens with one attached hydrogen (secondary N) is 2. The van der Waals surface area contributed by atoms with Crippen molar-refractivity contribution in [3.05, 3.63) is 120 Å². The molecule has 7 heteroatoms. The number of carbonyl (C=O) groups excluding carboxylic acids is 3. The van der Waals surface area contributed by atoms with E-state index >= 15 is 0 Å². The van der Waals surface area contributed by atoms with Crippen LogP contribution in [0.3, 0.4) is 0 Å². The van der Waals surface area contributed by atoms with Crippen molar-refractivity contribution in [2.75, 3.05) is 10.6 Å². The number of Topliss-reactive ketones (excluding diaryl/α,β-unsaturated/α-hetero) is 1. The highest BCUT2D eigenvalue weighted by Crippen LogP contribution is 2.32. The molecule has 2 amide bonds. The smallest absolute Gasteiger partial charge is 0.238 e. The fourth-order valence-corrected chi connectivity index (χ4v) is 3.95. The minimum absolute atomic E-state index is 0.0387. The molecule has 0 radical (unpaired) electrons. The van der Waals surface area contributed by atoms with E-state index in [1.807, 2.05) is 37.3 Å². The minimum Gasteiger partial charge on any atom is -0.310 e. The Hall–Kier alpha value is -4.65. The zero-order valence-electron chi connectivity index (χ0n) is 19.8. The lowest BCUT2D eigenvalue weighted by atomic mass is 9.80. The van der Waals surface area contributed by atoms with Gasteiger partial charge in [-0.2, -0.15) is 0 Å². The second kappa shape index (κ2) is 11.7. The molecule has 0 aliphatic heterocycles. The summed E-state index contributed by atoms with van der Waals surface area (Å²) in [6.07, 6.45) is 3.06. The predicted octanol–water partition coefficient (Wildman–Crippen LogP) is 5.04. The summed E-state index contributed by atoms with van der Waals surface area (Å²) in [4.78, 5) is 48.8. The molecular formula is C29H26N4O3. The Labute approximate surface area is 209 Å². The Bertz CT molecular complexity index is 1260. The quantitative estimate of drug-likeness (QED) is 0.259. The molecule has 2 aromatic carbocycles. The molecule has 0 saturated heterocycles. The van der Waals surface area contributed by atoms with Gasteiger partial charge in [-0.3, -0.25) is 14.4 Å². The predicted molar refractivity (Wildman–Crippen MR) is 139 cm³/mol. The molecule has 0 fully saturated rings. The maximum Gasteiger partial charge on any atom is 0.238 e. The number of amides is 2. The van der Waals surface area contributed by atoms with Gasteiger partial charge in [-0.15, -0.1) is 0 Å². The van der Waals surface area contributed by atoms with E-state index in [-0.39, 0.29) is 12.2 Å². The third-order valence-corrected chi connectivity index (χ3v) is 5.81. The van der Waals surface area contributed by atoms with Crippen molar-refractivity contribution in [1.82, 2.24) is 9.97 Å². The SMILES string of the molecule is Cc1ccc(C(CC(=O)c2ccccc2)C(C(=O)Nc2ccccn2)C(=O)Nc2ccccn2)cc1. The van der Waals surface area contributed by atoms with E-state index < -0.39 is 23.7 Å². The number of pyridine rings is 2. The molecule has 0 aliphatic rings. The van der Waals surface area contributed by atoms with Crippen LogP contribution in [-0.2, 0) is 9.59 Å². The number of benzene rings is 2. The molecule has 180 valence electrons. The van der Waals surface area contributed by atoms with Gasteiger partial charge in [0.05, 0.1) is 0 Å². The number of hydrogen-bond donors (Lipinski definition) is 2. The number of hydrogen-bond acceptors (Lipinski definition) is 5. The van der Waals surface area contributed by atoms with E-state index in [2.05, 4.69) is 20.6 Å². The average Bonchev–Trinajstić information content (AvgIpc) is 2.90. The number of rotatable bonds is 9. The molecule has 4 aromatic rings. The van der Waals surface area contributed by atoms with Gasteiger partial charge in [0.1, 0.15) is 17.6 Å². The Morgan fingerprint density at radius 3 is 1.72 bits per heavy atom. The van der Waals surface area contributed by atoms with Crippen molar-refractivity contribution in [2.45, 2.75) is 19.3 Å². The van der Waals surface area contributed by atoms with Crippen LogP contribution in [0.2, 0.25) is 0 Å². The lowest BCUT2D eigenvalue weighted by Crippen LogP contribution is -2.39.